The van der Waals surface area contributed by atoms with Gasteiger partial charge in [-0.25, -0.2) is 0 Å². The molecular weight excluding hydrogens is 278 g/mol. The van der Waals surface area contributed by atoms with Crippen LogP contribution >= 0.6 is 38.6 Å². The van der Waals surface area contributed by atoms with Crippen molar-refractivity contribution < 1.29 is 0 Å². The normalized spacial score (nSPS) is 13.1. The number of hydrogen-bond acceptors (Lipinski definition) is 3. The van der Waals surface area contributed by atoms with Gasteiger partial charge in [0.1, 0.15) is 0 Å². The Bertz CT molecular complexity index is 393. The molecule has 0 aromatic carbocycles. The molecule has 0 spiro atoms. The molecule has 74 valence electrons. The van der Waals surface area contributed by atoms with Gasteiger partial charge in [0.05, 0.1) is 6.04 Å². The first kappa shape index (κ1) is 10.4. The van der Waals surface area contributed by atoms with Crippen molar-refractivity contribution in [1.82, 2.24) is 0 Å². The molecular formula is C10H10BrNS2. The summed E-state index contributed by atoms with van der Waals surface area (Å²) >= 11 is 6.89. The third kappa shape index (κ3) is 1.80. The highest BCUT2D eigenvalue weighted by molar-refractivity contribution is 9.10. The molecule has 1 atom stereocenters. The average molecular weight is 288 g/mol. The van der Waals surface area contributed by atoms with Crippen molar-refractivity contribution in [2.75, 3.05) is 0 Å². The van der Waals surface area contributed by atoms with E-state index in [4.69, 9.17) is 5.73 Å². The van der Waals surface area contributed by atoms with E-state index in [1.807, 2.05) is 0 Å². The van der Waals surface area contributed by atoms with E-state index < -0.39 is 0 Å². The van der Waals surface area contributed by atoms with Gasteiger partial charge in [0.2, 0.25) is 0 Å². The topological polar surface area (TPSA) is 26.0 Å². The summed E-state index contributed by atoms with van der Waals surface area (Å²) in [6, 6.07) is 0.00174. The van der Waals surface area contributed by atoms with Crippen LogP contribution in [-0.2, 0) is 0 Å². The largest absolute Gasteiger partial charge is 0.320 e. The summed E-state index contributed by atoms with van der Waals surface area (Å²) in [6.07, 6.45) is 0. The van der Waals surface area contributed by atoms with E-state index in [0.717, 1.165) is 4.47 Å². The fraction of sp³-hybridized carbons (Fsp3) is 0.200. The number of halogens is 1. The van der Waals surface area contributed by atoms with Crippen molar-refractivity contribution in [2.45, 2.75) is 13.0 Å². The molecule has 0 aliphatic carbocycles. The summed E-state index contributed by atoms with van der Waals surface area (Å²) in [5.74, 6) is 0. The molecule has 0 fully saturated rings. The van der Waals surface area contributed by atoms with E-state index in [-0.39, 0.29) is 6.04 Å². The molecule has 2 aromatic rings. The molecule has 2 rings (SSSR count). The lowest BCUT2D eigenvalue weighted by molar-refractivity contribution is 0.868. The van der Waals surface area contributed by atoms with E-state index >= 15 is 0 Å². The Morgan fingerprint density at radius 2 is 1.79 bits per heavy atom. The zero-order valence-corrected chi connectivity index (χ0v) is 10.9. The Morgan fingerprint density at radius 3 is 2.29 bits per heavy atom. The fourth-order valence-electron chi connectivity index (χ4n) is 1.37. The number of hydrogen-bond donors (Lipinski definition) is 1. The van der Waals surface area contributed by atoms with E-state index in [1.54, 1.807) is 22.7 Å². The average Bonchev–Trinajstić information content (AvgIpc) is 2.73. The number of aryl methyl sites for hydroxylation is 1. The van der Waals surface area contributed by atoms with Gasteiger partial charge < -0.3 is 5.73 Å². The van der Waals surface area contributed by atoms with Crippen molar-refractivity contribution >= 4 is 38.6 Å². The van der Waals surface area contributed by atoms with Gasteiger partial charge >= 0.3 is 0 Å². The highest BCUT2D eigenvalue weighted by Crippen LogP contribution is 2.32. The first-order valence-electron chi connectivity index (χ1n) is 4.20. The van der Waals surface area contributed by atoms with Gasteiger partial charge in [0, 0.05) is 9.85 Å². The smallest absolute Gasteiger partial charge is 0.0582 e. The number of nitrogens with two attached hydrogens (primary N) is 1. The van der Waals surface area contributed by atoms with Gasteiger partial charge in [-0.05, 0) is 55.7 Å². The van der Waals surface area contributed by atoms with E-state index in [0.29, 0.717) is 0 Å². The second-order valence-electron chi connectivity index (χ2n) is 3.16. The molecule has 0 bridgehead atoms. The van der Waals surface area contributed by atoms with Gasteiger partial charge in [0.15, 0.2) is 0 Å². The molecule has 0 aliphatic heterocycles. The highest BCUT2D eigenvalue weighted by atomic mass is 79.9. The minimum atomic E-state index is 0.00174. The van der Waals surface area contributed by atoms with Crippen LogP contribution in [0.5, 0.6) is 0 Å². The zero-order chi connectivity index (χ0) is 10.1. The lowest BCUT2D eigenvalue weighted by Gasteiger charge is -2.10. The Hall–Kier alpha value is -0.160. The van der Waals surface area contributed by atoms with Crippen LogP contribution in [0.15, 0.2) is 26.0 Å². The second-order valence-corrected chi connectivity index (χ2v) is 5.50. The molecule has 1 unspecified atom stereocenters. The van der Waals surface area contributed by atoms with Crippen LogP contribution < -0.4 is 5.73 Å². The van der Waals surface area contributed by atoms with Crippen LogP contribution in [-0.4, -0.2) is 0 Å². The molecule has 4 heteroatoms. The molecule has 0 radical (unpaired) electrons. The maximum Gasteiger partial charge on any atom is 0.0582 e. The van der Waals surface area contributed by atoms with Crippen LogP contribution in [0.25, 0.3) is 0 Å². The van der Waals surface area contributed by atoms with Crippen molar-refractivity contribution in [2.24, 2.45) is 5.73 Å². The molecule has 0 amide bonds. The summed E-state index contributed by atoms with van der Waals surface area (Å²) in [5.41, 5.74) is 9.88. The van der Waals surface area contributed by atoms with Crippen molar-refractivity contribution in [1.29, 1.82) is 0 Å². The summed E-state index contributed by atoms with van der Waals surface area (Å²) < 4.78 is 1.11. The highest BCUT2D eigenvalue weighted by Gasteiger charge is 2.15. The van der Waals surface area contributed by atoms with Crippen molar-refractivity contribution in [3.8, 4) is 0 Å². The van der Waals surface area contributed by atoms with E-state index in [9.17, 15) is 0 Å². The monoisotopic (exact) mass is 287 g/mol. The zero-order valence-electron chi connectivity index (χ0n) is 7.66. The van der Waals surface area contributed by atoms with Crippen LogP contribution in [0.1, 0.15) is 22.7 Å². The molecule has 0 saturated heterocycles. The summed E-state index contributed by atoms with van der Waals surface area (Å²) in [5, 5.41) is 8.43. The van der Waals surface area contributed by atoms with Crippen molar-refractivity contribution in [3.63, 3.8) is 0 Å². The SMILES string of the molecule is Cc1cscc1C(N)c1cscc1Br. The lowest BCUT2D eigenvalue weighted by atomic mass is 10.0. The van der Waals surface area contributed by atoms with Gasteiger partial charge in [-0.3, -0.25) is 0 Å². The third-order valence-corrected chi connectivity index (χ3v) is 4.84. The molecule has 2 aromatic heterocycles. The molecule has 2 N–H and O–H groups in total. The van der Waals surface area contributed by atoms with E-state index in [1.165, 1.54) is 16.7 Å². The lowest BCUT2D eigenvalue weighted by Crippen LogP contribution is -2.11. The standard InChI is InChI=1S/C10H10BrNS2/c1-6-2-13-3-7(6)10(12)8-4-14-5-9(8)11/h2-5,10H,12H2,1H3. The molecule has 0 saturated carbocycles. The van der Waals surface area contributed by atoms with Crippen molar-refractivity contribution in [3.05, 3.63) is 42.7 Å². The van der Waals surface area contributed by atoms with Gasteiger partial charge in [-0.1, -0.05) is 0 Å². The summed E-state index contributed by atoms with van der Waals surface area (Å²) in [4.78, 5) is 0. The first-order chi connectivity index (χ1) is 6.70. The number of rotatable bonds is 2. The molecule has 1 nitrogen and oxygen atoms in total. The Kier molecular flexibility index (Phi) is 3.07. The number of thiophene rings is 2. The minimum Gasteiger partial charge on any atom is -0.320 e. The van der Waals surface area contributed by atoms with Gasteiger partial charge in [0.25, 0.3) is 0 Å². The van der Waals surface area contributed by atoms with Crippen LogP contribution in [0.2, 0.25) is 0 Å². The predicted octanol–water partition coefficient (Wildman–Crippen LogP) is 3.93. The molecule has 0 aliphatic rings. The molecule has 14 heavy (non-hydrogen) atoms. The third-order valence-electron chi connectivity index (χ3n) is 2.21. The summed E-state index contributed by atoms with van der Waals surface area (Å²) in [6.45, 7) is 2.10. The second kappa shape index (κ2) is 4.14. The quantitative estimate of drug-likeness (QED) is 0.890. The van der Waals surface area contributed by atoms with E-state index in [2.05, 4.69) is 44.4 Å². The maximum absolute atomic E-state index is 6.19. The predicted molar refractivity (Wildman–Crippen MR) is 67.1 cm³/mol. The van der Waals surface area contributed by atoms with Gasteiger partial charge in [-0.2, -0.15) is 22.7 Å². The van der Waals surface area contributed by atoms with Crippen LogP contribution in [0, 0.1) is 6.92 Å². The molecule has 2 heterocycles. The van der Waals surface area contributed by atoms with Crippen LogP contribution in [0.3, 0.4) is 0 Å². The fourth-order valence-corrected chi connectivity index (χ4v) is 3.84. The first-order valence-corrected chi connectivity index (χ1v) is 6.88. The van der Waals surface area contributed by atoms with Crippen LogP contribution in [0.4, 0.5) is 0 Å². The maximum atomic E-state index is 6.19. The summed E-state index contributed by atoms with van der Waals surface area (Å²) in [7, 11) is 0. The Morgan fingerprint density at radius 1 is 1.14 bits per heavy atom. The minimum absolute atomic E-state index is 0.00174. The Labute approximate surface area is 99.7 Å². The Balaban J connectivity index is 2.38. The van der Waals surface area contributed by atoms with Gasteiger partial charge in [-0.15, -0.1) is 0 Å².